The van der Waals surface area contributed by atoms with Crippen molar-refractivity contribution >= 4 is 0 Å². The summed E-state index contributed by atoms with van der Waals surface area (Å²) in [6.45, 7) is 5.54. The van der Waals surface area contributed by atoms with Crippen molar-refractivity contribution < 1.29 is 23.3 Å². The molecular weight excluding hydrogens is 419 g/mol. The van der Waals surface area contributed by atoms with Gasteiger partial charge in [-0.3, -0.25) is 0 Å². The highest BCUT2D eigenvalue weighted by atomic mass is 19.1. The van der Waals surface area contributed by atoms with E-state index in [1.807, 2.05) is 24.3 Å². The zero-order valence-electron chi connectivity index (χ0n) is 20.1. The summed E-state index contributed by atoms with van der Waals surface area (Å²) >= 11 is 0. The molecule has 0 saturated carbocycles. The minimum Gasteiger partial charge on any atom is -0.497 e. The molecule has 1 heterocycles. The summed E-state index contributed by atoms with van der Waals surface area (Å²) in [5.41, 5.74) is 3.35. The Kier molecular flexibility index (Phi) is 10.2. The summed E-state index contributed by atoms with van der Waals surface area (Å²) in [4.78, 5) is 0. The lowest BCUT2D eigenvalue weighted by Crippen LogP contribution is -2.37. The zero-order valence-corrected chi connectivity index (χ0v) is 20.1. The standard InChI is InChI=1S/C28H37FO4/c1-4-6-15-31-20-27-28(29)26(32-16-7-5-2)19-25(33-27)23-10-8-9-22(18-23)17-21-11-13-24(30-3)14-12-21/h8-14,18-19,25,27-28H,4-7,15-17,20H2,1-3H3. The highest BCUT2D eigenvalue weighted by molar-refractivity contribution is 5.35. The first-order chi connectivity index (χ1) is 16.1. The molecule has 4 nitrogen and oxygen atoms in total. The molecule has 1 aliphatic heterocycles. The number of hydrogen-bond acceptors (Lipinski definition) is 4. The van der Waals surface area contributed by atoms with Crippen LogP contribution in [0.5, 0.6) is 5.75 Å². The van der Waals surface area contributed by atoms with Crippen LogP contribution in [-0.2, 0) is 20.6 Å². The van der Waals surface area contributed by atoms with Crippen LogP contribution in [0.3, 0.4) is 0 Å². The third kappa shape index (κ3) is 7.58. The SMILES string of the molecule is CCCCOCC1OC(c2cccc(Cc3ccc(OC)cc3)c2)C=C(OCCCC)C1F. The van der Waals surface area contributed by atoms with Gasteiger partial charge in [-0.05, 0) is 54.2 Å². The van der Waals surface area contributed by atoms with Gasteiger partial charge in [0.1, 0.15) is 23.7 Å². The van der Waals surface area contributed by atoms with Crippen LogP contribution in [0.25, 0.3) is 0 Å². The molecule has 0 fully saturated rings. The van der Waals surface area contributed by atoms with Crippen LogP contribution in [-0.4, -0.2) is 39.2 Å². The molecule has 3 unspecified atom stereocenters. The number of unbranched alkanes of at least 4 members (excludes halogenated alkanes) is 2. The first-order valence-corrected chi connectivity index (χ1v) is 12.1. The third-order valence-corrected chi connectivity index (χ3v) is 5.77. The van der Waals surface area contributed by atoms with E-state index in [0.717, 1.165) is 43.4 Å². The molecule has 2 aromatic carbocycles. The lowest BCUT2D eigenvalue weighted by atomic mass is 9.98. The highest BCUT2D eigenvalue weighted by Gasteiger charge is 2.35. The molecule has 180 valence electrons. The molecule has 0 saturated heterocycles. The second kappa shape index (κ2) is 13.4. The molecular formula is C28H37FO4. The molecule has 0 radical (unpaired) electrons. The molecule has 1 aliphatic rings. The van der Waals surface area contributed by atoms with E-state index in [-0.39, 0.29) is 12.7 Å². The van der Waals surface area contributed by atoms with E-state index in [0.29, 0.717) is 19.0 Å². The van der Waals surface area contributed by atoms with E-state index in [4.69, 9.17) is 18.9 Å². The fraction of sp³-hybridized carbons (Fsp3) is 0.500. The average Bonchev–Trinajstić information content (AvgIpc) is 2.84. The minimum absolute atomic E-state index is 0.220. The fourth-order valence-electron chi connectivity index (χ4n) is 3.79. The van der Waals surface area contributed by atoms with Crippen LogP contribution in [0.2, 0.25) is 0 Å². The van der Waals surface area contributed by atoms with Crippen LogP contribution in [0.15, 0.2) is 60.4 Å². The number of halogens is 1. The molecule has 0 aliphatic carbocycles. The van der Waals surface area contributed by atoms with Crippen molar-refractivity contribution in [2.75, 3.05) is 26.9 Å². The Morgan fingerprint density at radius 2 is 1.70 bits per heavy atom. The van der Waals surface area contributed by atoms with E-state index >= 15 is 4.39 Å². The van der Waals surface area contributed by atoms with Crippen molar-refractivity contribution in [2.24, 2.45) is 0 Å². The van der Waals surface area contributed by atoms with Crippen molar-refractivity contribution in [3.8, 4) is 5.75 Å². The van der Waals surface area contributed by atoms with Crippen molar-refractivity contribution in [2.45, 2.75) is 64.3 Å². The molecule has 2 aromatic rings. The summed E-state index contributed by atoms with van der Waals surface area (Å²) < 4.78 is 38.1. The summed E-state index contributed by atoms with van der Waals surface area (Å²) in [5, 5.41) is 0. The molecule has 0 spiro atoms. The van der Waals surface area contributed by atoms with E-state index in [1.165, 1.54) is 11.1 Å². The molecule has 3 rings (SSSR count). The number of ether oxygens (including phenoxy) is 4. The van der Waals surface area contributed by atoms with Gasteiger partial charge in [-0.25, -0.2) is 4.39 Å². The fourth-order valence-corrected chi connectivity index (χ4v) is 3.79. The van der Waals surface area contributed by atoms with Crippen LogP contribution in [0, 0.1) is 0 Å². The summed E-state index contributed by atoms with van der Waals surface area (Å²) in [7, 11) is 1.67. The van der Waals surface area contributed by atoms with E-state index in [1.54, 1.807) is 13.2 Å². The van der Waals surface area contributed by atoms with E-state index in [9.17, 15) is 0 Å². The monoisotopic (exact) mass is 456 g/mol. The zero-order chi connectivity index (χ0) is 23.5. The van der Waals surface area contributed by atoms with Crippen molar-refractivity contribution in [3.63, 3.8) is 0 Å². The van der Waals surface area contributed by atoms with Gasteiger partial charge < -0.3 is 18.9 Å². The maximum atomic E-state index is 15.2. The lowest BCUT2D eigenvalue weighted by Gasteiger charge is -2.32. The molecule has 0 amide bonds. The Hall–Kier alpha value is -2.37. The first-order valence-electron chi connectivity index (χ1n) is 12.1. The Morgan fingerprint density at radius 1 is 0.939 bits per heavy atom. The molecule has 33 heavy (non-hydrogen) atoms. The van der Waals surface area contributed by atoms with Gasteiger partial charge in [-0.15, -0.1) is 0 Å². The highest BCUT2D eigenvalue weighted by Crippen LogP contribution is 2.33. The summed E-state index contributed by atoms with van der Waals surface area (Å²) in [5.74, 6) is 1.21. The van der Waals surface area contributed by atoms with Crippen LogP contribution in [0.1, 0.15) is 62.3 Å². The van der Waals surface area contributed by atoms with Gasteiger partial charge in [0.05, 0.1) is 20.3 Å². The Labute approximate surface area is 197 Å². The summed E-state index contributed by atoms with van der Waals surface area (Å²) in [6, 6.07) is 16.4. The quantitative estimate of drug-likeness (QED) is 0.319. The number of benzene rings is 2. The Bertz CT molecular complexity index is 864. The smallest absolute Gasteiger partial charge is 0.185 e. The molecule has 0 aromatic heterocycles. The van der Waals surface area contributed by atoms with Gasteiger partial charge in [0.2, 0.25) is 0 Å². The van der Waals surface area contributed by atoms with Crippen molar-refractivity contribution in [1.29, 1.82) is 0 Å². The third-order valence-electron chi connectivity index (χ3n) is 5.77. The van der Waals surface area contributed by atoms with Gasteiger partial charge in [0.15, 0.2) is 6.17 Å². The number of hydrogen-bond donors (Lipinski definition) is 0. The van der Waals surface area contributed by atoms with E-state index < -0.39 is 12.3 Å². The largest absolute Gasteiger partial charge is 0.497 e. The van der Waals surface area contributed by atoms with Gasteiger partial charge >= 0.3 is 0 Å². The second-order valence-corrected chi connectivity index (χ2v) is 8.47. The number of alkyl halides is 1. The number of rotatable bonds is 13. The van der Waals surface area contributed by atoms with Crippen LogP contribution < -0.4 is 4.74 Å². The normalized spacial score (nSPS) is 20.4. The van der Waals surface area contributed by atoms with Crippen molar-refractivity contribution in [1.82, 2.24) is 0 Å². The van der Waals surface area contributed by atoms with Crippen LogP contribution in [0.4, 0.5) is 4.39 Å². The predicted molar refractivity (Wildman–Crippen MR) is 129 cm³/mol. The molecule has 5 heteroatoms. The maximum Gasteiger partial charge on any atom is 0.185 e. The molecule has 0 bridgehead atoms. The Balaban J connectivity index is 1.75. The average molecular weight is 457 g/mol. The van der Waals surface area contributed by atoms with Gasteiger partial charge in [-0.1, -0.05) is 63.1 Å². The van der Waals surface area contributed by atoms with Gasteiger partial charge in [-0.2, -0.15) is 0 Å². The van der Waals surface area contributed by atoms with Gasteiger partial charge in [0.25, 0.3) is 0 Å². The topological polar surface area (TPSA) is 36.9 Å². The maximum absolute atomic E-state index is 15.2. The lowest BCUT2D eigenvalue weighted by molar-refractivity contribution is -0.0946. The molecule has 3 atom stereocenters. The molecule has 0 N–H and O–H groups in total. The van der Waals surface area contributed by atoms with Gasteiger partial charge in [0, 0.05) is 6.61 Å². The first kappa shape index (κ1) is 25.3. The van der Waals surface area contributed by atoms with Crippen LogP contribution >= 0.6 is 0 Å². The van der Waals surface area contributed by atoms with E-state index in [2.05, 4.69) is 38.1 Å². The van der Waals surface area contributed by atoms with Crippen molar-refractivity contribution in [3.05, 3.63) is 77.1 Å². The summed E-state index contributed by atoms with van der Waals surface area (Å²) in [6.07, 6.45) is 4.10. The minimum atomic E-state index is -1.32. The second-order valence-electron chi connectivity index (χ2n) is 8.47. The Morgan fingerprint density at radius 3 is 2.42 bits per heavy atom. The number of methoxy groups -OCH3 is 1. The predicted octanol–water partition coefficient (Wildman–Crippen LogP) is 6.58.